The van der Waals surface area contributed by atoms with Gasteiger partial charge in [-0.15, -0.1) is 0 Å². The molecule has 3 unspecified atom stereocenters. The quantitative estimate of drug-likeness (QED) is 0.790. The Labute approximate surface area is 120 Å². The summed E-state index contributed by atoms with van der Waals surface area (Å²) in [5.41, 5.74) is 1.97. The van der Waals surface area contributed by atoms with Gasteiger partial charge in [-0.2, -0.15) is 0 Å². The fraction of sp³-hybridized carbons (Fsp3) is 0.562. The second-order valence-corrected chi connectivity index (χ2v) is 5.70. The van der Waals surface area contributed by atoms with Crippen molar-refractivity contribution in [1.29, 1.82) is 0 Å². The summed E-state index contributed by atoms with van der Waals surface area (Å²) in [7, 11) is 0. The van der Waals surface area contributed by atoms with Crippen LogP contribution in [0.2, 0.25) is 0 Å². The molecule has 110 valence electrons. The number of hydrogen-bond acceptors (Lipinski definition) is 3. The molecule has 3 N–H and O–H groups in total. The van der Waals surface area contributed by atoms with Gasteiger partial charge in [0.05, 0.1) is 12.1 Å². The zero-order chi connectivity index (χ0) is 14.5. The topological polar surface area (TPSA) is 61.4 Å². The minimum atomic E-state index is -0.335. The van der Waals surface area contributed by atoms with Crippen LogP contribution >= 0.6 is 0 Å². The number of aryl methyl sites for hydroxylation is 1. The first-order valence-corrected chi connectivity index (χ1v) is 7.38. The van der Waals surface area contributed by atoms with Crippen molar-refractivity contribution >= 4 is 11.6 Å². The Bertz CT molecular complexity index is 444. The van der Waals surface area contributed by atoms with Gasteiger partial charge in [-0.25, -0.2) is 0 Å². The lowest BCUT2D eigenvalue weighted by atomic mass is 9.92. The number of nitrogens with one attached hydrogen (secondary N) is 2. The first-order valence-electron chi connectivity index (χ1n) is 7.38. The molecule has 0 aliphatic heterocycles. The van der Waals surface area contributed by atoms with E-state index in [1.54, 1.807) is 0 Å². The van der Waals surface area contributed by atoms with Gasteiger partial charge in [-0.1, -0.05) is 30.5 Å². The summed E-state index contributed by atoms with van der Waals surface area (Å²) in [4.78, 5) is 12.1. The van der Waals surface area contributed by atoms with Crippen molar-refractivity contribution in [3.8, 4) is 0 Å². The molecule has 3 atom stereocenters. The molecule has 0 aromatic heterocycles. The van der Waals surface area contributed by atoms with E-state index in [4.69, 9.17) is 0 Å². The van der Waals surface area contributed by atoms with Gasteiger partial charge in [0.15, 0.2) is 0 Å². The molecular formula is C16H24N2O2. The lowest BCUT2D eigenvalue weighted by molar-refractivity contribution is -0.118. The Kier molecular flexibility index (Phi) is 5.15. The second-order valence-electron chi connectivity index (χ2n) is 5.70. The van der Waals surface area contributed by atoms with E-state index >= 15 is 0 Å². The number of rotatable bonds is 4. The highest BCUT2D eigenvalue weighted by atomic mass is 16.3. The summed E-state index contributed by atoms with van der Waals surface area (Å²) < 4.78 is 0. The van der Waals surface area contributed by atoms with Crippen molar-refractivity contribution in [2.45, 2.75) is 57.7 Å². The predicted molar refractivity (Wildman–Crippen MR) is 80.7 cm³/mol. The summed E-state index contributed by atoms with van der Waals surface area (Å²) in [6.07, 6.45) is 3.61. The van der Waals surface area contributed by atoms with Gasteiger partial charge in [0.2, 0.25) is 5.91 Å². The zero-order valence-electron chi connectivity index (χ0n) is 12.2. The molecule has 1 saturated carbocycles. The average molecular weight is 276 g/mol. The summed E-state index contributed by atoms with van der Waals surface area (Å²) >= 11 is 0. The fourth-order valence-corrected chi connectivity index (χ4v) is 2.59. The van der Waals surface area contributed by atoms with E-state index in [0.29, 0.717) is 0 Å². The number of anilines is 1. The van der Waals surface area contributed by atoms with E-state index in [0.717, 1.165) is 31.4 Å². The number of aliphatic hydroxyl groups excluding tert-OH is 1. The van der Waals surface area contributed by atoms with E-state index in [1.807, 2.05) is 38.1 Å². The smallest absolute Gasteiger partial charge is 0.241 e. The van der Waals surface area contributed by atoms with Crippen LogP contribution in [0.4, 0.5) is 5.69 Å². The summed E-state index contributed by atoms with van der Waals surface area (Å²) in [5.74, 6) is -0.0633. The van der Waals surface area contributed by atoms with Crippen molar-refractivity contribution in [2.75, 3.05) is 5.32 Å². The van der Waals surface area contributed by atoms with Gasteiger partial charge in [-0.05, 0) is 38.8 Å². The van der Waals surface area contributed by atoms with Gasteiger partial charge in [0.25, 0.3) is 0 Å². The molecular weight excluding hydrogens is 252 g/mol. The monoisotopic (exact) mass is 276 g/mol. The van der Waals surface area contributed by atoms with Crippen LogP contribution < -0.4 is 10.6 Å². The van der Waals surface area contributed by atoms with Gasteiger partial charge >= 0.3 is 0 Å². The van der Waals surface area contributed by atoms with Crippen molar-refractivity contribution in [2.24, 2.45) is 0 Å². The van der Waals surface area contributed by atoms with Crippen LogP contribution in [-0.4, -0.2) is 29.2 Å². The van der Waals surface area contributed by atoms with Gasteiger partial charge in [-0.3, -0.25) is 4.79 Å². The van der Waals surface area contributed by atoms with Crippen LogP contribution in [0.1, 0.15) is 38.2 Å². The minimum absolute atomic E-state index is 0.0301. The number of aliphatic hydroxyl groups is 1. The Morgan fingerprint density at radius 2 is 1.90 bits per heavy atom. The Hall–Kier alpha value is -1.39. The normalized spacial score (nSPS) is 24.1. The Morgan fingerprint density at radius 3 is 2.55 bits per heavy atom. The number of carbonyl (C=O) groups is 1. The maximum Gasteiger partial charge on any atom is 0.241 e. The molecule has 0 bridgehead atoms. The third kappa shape index (κ3) is 4.05. The predicted octanol–water partition coefficient (Wildman–Crippen LogP) is 2.22. The summed E-state index contributed by atoms with van der Waals surface area (Å²) in [6, 6.07) is 7.46. The number of hydrogen-bond donors (Lipinski definition) is 3. The average Bonchev–Trinajstić information content (AvgIpc) is 2.44. The molecule has 1 aliphatic rings. The zero-order valence-corrected chi connectivity index (χ0v) is 12.2. The molecule has 0 radical (unpaired) electrons. The molecule has 0 heterocycles. The third-order valence-electron chi connectivity index (χ3n) is 3.91. The molecule has 1 fully saturated rings. The summed E-state index contributed by atoms with van der Waals surface area (Å²) in [5, 5.41) is 16.1. The van der Waals surface area contributed by atoms with E-state index in [2.05, 4.69) is 10.6 Å². The molecule has 20 heavy (non-hydrogen) atoms. The standard InChI is InChI=1S/C16H24N2O2/c1-11-7-9-13(10-8-11)18-16(20)12(2)17-14-5-3-4-6-15(14)19/h7-10,12,14-15,17,19H,3-6H2,1-2H3,(H,18,20). The van der Waals surface area contributed by atoms with Crippen LogP contribution in [0.3, 0.4) is 0 Å². The minimum Gasteiger partial charge on any atom is -0.392 e. The largest absolute Gasteiger partial charge is 0.392 e. The number of amides is 1. The lowest BCUT2D eigenvalue weighted by Crippen LogP contribution is -2.50. The van der Waals surface area contributed by atoms with Gasteiger partial charge in [0, 0.05) is 11.7 Å². The van der Waals surface area contributed by atoms with Crippen LogP contribution in [0, 0.1) is 6.92 Å². The van der Waals surface area contributed by atoms with Crippen molar-refractivity contribution in [3.05, 3.63) is 29.8 Å². The molecule has 4 nitrogen and oxygen atoms in total. The van der Waals surface area contributed by atoms with E-state index < -0.39 is 0 Å². The lowest BCUT2D eigenvalue weighted by Gasteiger charge is -2.30. The highest BCUT2D eigenvalue weighted by Gasteiger charge is 2.26. The highest BCUT2D eigenvalue weighted by molar-refractivity contribution is 5.94. The molecule has 1 amide bonds. The summed E-state index contributed by atoms with van der Waals surface area (Å²) in [6.45, 7) is 3.85. The first-order chi connectivity index (χ1) is 9.56. The van der Waals surface area contributed by atoms with Crippen molar-refractivity contribution in [3.63, 3.8) is 0 Å². The molecule has 0 spiro atoms. The molecule has 2 rings (SSSR count). The number of benzene rings is 1. The van der Waals surface area contributed by atoms with E-state index in [-0.39, 0.29) is 24.1 Å². The number of carbonyl (C=O) groups excluding carboxylic acids is 1. The maximum absolute atomic E-state index is 12.1. The van der Waals surface area contributed by atoms with Crippen molar-refractivity contribution < 1.29 is 9.90 Å². The molecule has 1 aromatic carbocycles. The van der Waals surface area contributed by atoms with E-state index in [9.17, 15) is 9.90 Å². The fourth-order valence-electron chi connectivity index (χ4n) is 2.59. The van der Waals surface area contributed by atoms with Gasteiger partial charge in [0.1, 0.15) is 0 Å². The molecule has 1 aromatic rings. The van der Waals surface area contributed by atoms with Crippen LogP contribution in [-0.2, 0) is 4.79 Å². The highest BCUT2D eigenvalue weighted by Crippen LogP contribution is 2.19. The van der Waals surface area contributed by atoms with Crippen LogP contribution in [0.5, 0.6) is 0 Å². The molecule has 1 aliphatic carbocycles. The van der Waals surface area contributed by atoms with E-state index in [1.165, 1.54) is 5.56 Å². The maximum atomic E-state index is 12.1. The second kappa shape index (κ2) is 6.86. The third-order valence-corrected chi connectivity index (χ3v) is 3.91. The van der Waals surface area contributed by atoms with Crippen molar-refractivity contribution in [1.82, 2.24) is 5.32 Å². The Balaban J connectivity index is 1.86. The molecule has 0 saturated heterocycles. The Morgan fingerprint density at radius 1 is 1.25 bits per heavy atom. The van der Waals surface area contributed by atoms with Crippen LogP contribution in [0.25, 0.3) is 0 Å². The first kappa shape index (κ1) is 15.0. The molecule has 4 heteroatoms. The van der Waals surface area contributed by atoms with Gasteiger partial charge < -0.3 is 15.7 Å². The van der Waals surface area contributed by atoms with Crippen LogP contribution in [0.15, 0.2) is 24.3 Å². The SMILES string of the molecule is Cc1ccc(NC(=O)C(C)NC2CCCCC2O)cc1.